The van der Waals surface area contributed by atoms with E-state index in [-0.39, 0.29) is 5.91 Å². The lowest BCUT2D eigenvalue weighted by molar-refractivity contribution is -0.123. The third-order valence-electron chi connectivity index (χ3n) is 2.33. The molecule has 0 atom stereocenters. The molecule has 0 unspecified atom stereocenters. The lowest BCUT2D eigenvalue weighted by Gasteiger charge is -2.19. The SMILES string of the molecule is C/C=C/C=C/C=C\C=C\C(=O)N1C=CCCC1. The number of rotatable bonds is 4. The van der Waals surface area contributed by atoms with Crippen LogP contribution in [0.5, 0.6) is 0 Å². The summed E-state index contributed by atoms with van der Waals surface area (Å²) in [5.41, 5.74) is 0. The van der Waals surface area contributed by atoms with E-state index < -0.39 is 0 Å². The second-order valence-electron chi connectivity index (χ2n) is 3.71. The smallest absolute Gasteiger partial charge is 0.250 e. The first-order valence-corrected chi connectivity index (χ1v) is 5.94. The fraction of sp³-hybridized carbons (Fsp3) is 0.267. The molecule has 0 aliphatic carbocycles. The van der Waals surface area contributed by atoms with E-state index in [0.29, 0.717) is 0 Å². The fourth-order valence-electron chi connectivity index (χ4n) is 1.44. The molecule has 1 aliphatic heterocycles. The second-order valence-corrected chi connectivity index (χ2v) is 3.71. The van der Waals surface area contributed by atoms with Gasteiger partial charge in [0.1, 0.15) is 0 Å². The Labute approximate surface area is 103 Å². The van der Waals surface area contributed by atoms with Gasteiger partial charge in [0.25, 0.3) is 0 Å². The first-order chi connectivity index (χ1) is 8.34. The maximum absolute atomic E-state index is 11.7. The van der Waals surface area contributed by atoms with Crippen LogP contribution >= 0.6 is 0 Å². The molecule has 0 bridgehead atoms. The van der Waals surface area contributed by atoms with Crippen molar-refractivity contribution in [3.05, 3.63) is 60.9 Å². The molecule has 0 N–H and O–H groups in total. The minimum absolute atomic E-state index is 0.0445. The summed E-state index contributed by atoms with van der Waals surface area (Å²) in [4.78, 5) is 13.4. The van der Waals surface area contributed by atoms with Gasteiger partial charge < -0.3 is 4.90 Å². The Hall–Kier alpha value is -1.83. The largest absolute Gasteiger partial charge is 0.316 e. The zero-order valence-electron chi connectivity index (χ0n) is 10.3. The highest BCUT2D eigenvalue weighted by Gasteiger charge is 2.08. The topological polar surface area (TPSA) is 20.3 Å². The maximum Gasteiger partial charge on any atom is 0.250 e. The predicted molar refractivity (Wildman–Crippen MR) is 72.3 cm³/mol. The fourth-order valence-corrected chi connectivity index (χ4v) is 1.44. The Morgan fingerprint density at radius 2 is 1.82 bits per heavy atom. The van der Waals surface area contributed by atoms with Crippen LogP contribution in [0.25, 0.3) is 0 Å². The van der Waals surface area contributed by atoms with Crippen LogP contribution in [0.1, 0.15) is 19.8 Å². The monoisotopic (exact) mass is 229 g/mol. The summed E-state index contributed by atoms with van der Waals surface area (Å²) in [5, 5.41) is 0. The average Bonchev–Trinajstić information content (AvgIpc) is 2.38. The zero-order valence-corrected chi connectivity index (χ0v) is 10.3. The molecule has 0 radical (unpaired) electrons. The van der Waals surface area contributed by atoms with Crippen LogP contribution in [0.4, 0.5) is 0 Å². The predicted octanol–water partition coefficient (Wildman–Crippen LogP) is 3.37. The molecule has 17 heavy (non-hydrogen) atoms. The Balaban J connectivity index is 2.35. The highest BCUT2D eigenvalue weighted by molar-refractivity contribution is 5.88. The van der Waals surface area contributed by atoms with Crippen molar-refractivity contribution in [2.75, 3.05) is 6.54 Å². The maximum atomic E-state index is 11.7. The Bertz CT molecular complexity index is 372. The molecule has 0 fully saturated rings. The van der Waals surface area contributed by atoms with E-state index in [1.54, 1.807) is 17.1 Å². The Morgan fingerprint density at radius 1 is 1.12 bits per heavy atom. The molecule has 0 spiro atoms. The minimum Gasteiger partial charge on any atom is -0.316 e. The van der Waals surface area contributed by atoms with Crippen LogP contribution in [0, 0.1) is 0 Å². The van der Waals surface area contributed by atoms with Crippen LogP contribution in [0.15, 0.2) is 60.9 Å². The van der Waals surface area contributed by atoms with Crippen molar-refractivity contribution in [1.29, 1.82) is 0 Å². The lowest BCUT2D eigenvalue weighted by Crippen LogP contribution is -2.26. The molecule has 1 aliphatic rings. The average molecular weight is 229 g/mol. The van der Waals surface area contributed by atoms with Gasteiger partial charge in [0.15, 0.2) is 0 Å². The van der Waals surface area contributed by atoms with Crippen LogP contribution in [-0.2, 0) is 4.79 Å². The minimum atomic E-state index is 0.0445. The van der Waals surface area contributed by atoms with Crippen LogP contribution < -0.4 is 0 Å². The summed E-state index contributed by atoms with van der Waals surface area (Å²) >= 11 is 0. The van der Waals surface area contributed by atoms with E-state index in [1.165, 1.54) is 0 Å². The summed E-state index contributed by atoms with van der Waals surface area (Å²) in [6, 6.07) is 0. The number of carbonyl (C=O) groups is 1. The third kappa shape index (κ3) is 5.71. The molecule has 0 saturated carbocycles. The van der Waals surface area contributed by atoms with Crippen LogP contribution in [-0.4, -0.2) is 17.4 Å². The van der Waals surface area contributed by atoms with Crippen molar-refractivity contribution in [2.24, 2.45) is 0 Å². The second kappa shape index (κ2) is 8.34. The Kier molecular flexibility index (Phi) is 6.49. The van der Waals surface area contributed by atoms with Gasteiger partial charge in [-0.15, -0.1) is 0 Å². The van der Waals surface area contributed by atoms with Crippen LogP contribution in [0.3, 0.4) is 0 Å². The van der Waals surface area contributed by atoms with Gasteiger partial charge in [0.05, 0.1) is 0 Å². The van der Waals surface area contributed by atoms with Crippen molar-refractivity contribution >= 4 is 5.91 Å². The molecule has 1 rings (SSSR count). The highest BCUT2D eigenvalue weighted by atomic mass is 16.2. The molecule has 1 heterocycles. The molecule has 2 nitrogen and oxygen atoms in total. The van der Waals surface area contributed by atoms with E-state index in [1.807, 2.05) is 55.7 Å². The van der Waals surface area contributed by atoms with Gasteiger partial charge in [-0.2, -0.15) is 0 Å². The number of carbonyl (C=O) groups excluding carboxylic acids is 1. The third-order valence-corrected chi connectivity index (χ3v) is 2.33. The molecule has 90 valence electrons. The summed E-state index contributed by atoms with van der Waals surface area (Å²) in [7, 11) is 0. The van der Waals surface area contributed by atoms with Gasteiger partial charge in [-0.1, -0.05) is 48.6 Å². The first-order valence-electron chi connectivity index (χ1n) is 5.94. The number of hydrogen-bond acceptors (Lipinski definition) is 1. The van der Waals surface area contributed by atoms with Crippen molar-refractivity contribution in [1.82, 2.24) is 4.90 Å². The van der Waals surface area contributed by atoms with E-state index in [2.05, 4.69) is 0 Å². The molecule has 1 amide bonds. The molecule has 0 aromatic rings. The van der Waals surface area contributed by atoms with Gasteiger partial charge in [-0.25, -0.2) is 0 Å². The number of hydrogen-bond donors (Lipinski definition) is 0. The van der Waals surface area contributed by atoms with Crippen molar-refractivity contribution in [3.63, 3.8) is 0 Å². The van der Waals surface area contributed by atoms with E-state index >= 15 is 0 Å². The van der Waals surface area contributed by atoms with Crippen molar-refractivity contribution < 1.29 is 4.79 Å². The molecule has 2 heteroatoms. The molecule has 0 saturated heterocycles. The summed E-state index contributed by atoms with van der Waals surface area (Å²) < 4.78 is 0. The van der Waals surface area contributed by atoms with E-state index in [0.717, 1.165) is 19.4 Å². The quantitative estimate of drug-likeness (QED) is 0.534. The van der Waals surface area contributed by atoms with E-state index in [4.69, 9.17) is 0 Å². The first kappa shape index (κ1) is 13.2. The summed E-state index contributed by atoms with van der Waals surface area (Å²) in [5.74, 6) is 0.0445. The van der Waals surface area contributed by atoms with Gasteiger partial charge in [0, 0.05) is 18.8 Å². The summed E-state index contributed by atoms with van der Waals surface area (Å²) in [6.07, 6.45) is 20.9. The number of allylic oxidation sites excluding steroid dienone is 8. The van der Waals surface area contributed by atoms with Gasteiger partial charge in [-0.05, 0) is 19.8 Å². The van der Waals surface area contributed by atoms with Crippen molar-refractivity contribution in [3.8, 4) is 0 Å². The molecule has 0 aromatic heterocycles. The van der Waals surface area contributed by atoms with E-state index in [9.17, 15) is 4.79 Å². The van der Waals surface area contributed by atoms with Crippen molar-refractivity contribution in [2.45, 2.75) is 19.8 Å². The summed E-state index contributed by atoms with van der Waals surface area (Å²) in [6.45, 7) is 2.79. The van der Waals surface area contributed by atoms with Crippen LogP contribution in [0.2, 0.25) is 0 Å². The van der Waals surface area contributed by atoms with Gasteiger partial charge >= 0.3 is 0 Å². The molecular formula is C15H19NO. The molecule has 0 aromatic carbocycles. The standard InChI is InChI=1S/C15H19NO/c1-2-3-4-5-6-7-9-12-15(17)16-13-10-8-11-14-16/h2-7,9-10,12-13H,8,11,14H2,1H3/b3-2+,5-4+,7-6-,12-9+. The van der Waals surface area contributed by atoms with Gasteiger partial charge in [0.2, 0.25) is 5.91 Å². The van der Waals surface area contributed by atoms with Gasteiger partial charge in [-0.3, -0.25) is 4.79 Å². The lowest BCUT2D eigenvalue weighted by atomic mass is 10.2. The number of nitrogens with zero attached hydrogens (tertiary/aromatic N) is 1. The number of amides is 1. The normalized spacial score (nSPS) is 17.1. The molecular weight excluding hydrogens is 210 g/mol. The highest BCUT2D eigenvalue weighted by Crippen LogP contribution is 2.05. The zero-order chi connectivity index (χ0) is 12.3. The Morgan fingerprint density at radius 3 is 2.47 bits per heavy atom.